The molecule has 0 bridgehead atoms. The maximum absolute atomic E-state index is 11.6. The molecule has 0 aliphatic carbocycles. The number of hydrogen-bond donors (Lipinski definition) is 1. The van der Waals surface area contributed by atoms with Gasteiger partial charge in [-0.05, 0) is 18.9 Å². The number of aromatic nitrogens is 2. The zero-order valence-electron chi connectivity index (χ0n) is 13.2. The molecule has 0 spiro atoms. The summed E-state index contributed by atoms with van der Waals surface area (Å²) in [5, 5.41) is 3.85. The van der Waals surface area contributed by atoms with Crippen LogP contribution in [0, 0.1) is 0 Å². The van der Waals surface area contributed by atoms with Gasteiger partial charge in [-0.15, -0.1) is 0 Å². The summed E-state index contributed by atoms with van der Waals surface area (Å²) in [5.74, 6) is 0.710. The quantitative estimate of drug-likeness (QED) is 0.636. The van der Waals surface area contributed by atoms with Gasteiger partial charge in [0.05, 0.1) is 24.9 Å². The number of sulfonamides is 1. The average molecular weight is 488 g/mol. The molecule has 1 N–H and O–H groups in total. The first-order valence-corrected chi connectivity index (χ1v) is 10.7. The molecule has 2 aromatic rings. The Hall–Kier alpha value is -0.490. The minimum Gasteiger partial charge on any atom is -0.488 e. The van der Waals surface area contributed by atoms with E-state index in [1.54, 1.807) is 6.07 Å². The molecule has 1 fully saturated rings. The number of rotatable bonds is 6. The molecule has 1 saturated heterocycles. The lowest BCUT2D eigenvalue weighted by molar-refractivity contribution is 0.136. The molecule has 7 nitrogen and oxygen atoms in total. The van der Waals surface area contributed by atoms with Crippen LogP contribution in [0.3, 0.4) is 0 Å². The lowest BCUT2D eigenvalue weighted by Gasteiger charge is -2.31. The summed E-state index contributed by atoms with van der Waals surface area (Å²) >= 11 is 8.07. The maximum atomic E-state index is 11.6. The first kappa shape index (κ1) is 18.3. The Kier molecular flexibility index (Phi) is 5.65. The van der Waals surface area contributed by atoms with E-state index in [-0.39, 0.29) is 6.10 Å². The zero-order valence-corrected chi connectivity index (χ0v) is 16.9. The number of H-pyrrole nitrogens is 1. The highest BCUT2D eigenvalue weighted by atomic mass is 127. The van der Waals surface area contributed by atoms with Crippen molar-refractivity contribution in [1.82, 2.24) is 14.1 Å². The van der Waals surface area contributed by atoms with E-state index in [0.29, 0.717) is 49.9 Å². The van der Waals surface area contributed by atoms with Gasteiger partial charge in [0.15, 0.2) is 0 Å². The summed E-state index contributed by atoms with van der Waals surface area (Å²) in [6, 6.07) is 3.68. The van der Waals surface area contributed by atoms with Crippen LogP contribution in [0.2, 0.25) is 5.02 Å². The van der Waals surface area contributed by atoms with Crippen molar-refractivity contribution in [3.63, 3.8) is 0 Å². The second-order valence-electron chi connectivity index (χ2n) is 5.85. The molecule has 1 aromatic heterocycles. The summed E-state index contributed by atoms with van der Waals surface area (Å²) in [4.78, 5) is 0. The lowest BCUT2D eigenvalue weighted by atomic mass is 10.1. The molecular formula is C14H19ClIN3O4S. The highest BCUT2D eigenvalue weighted by molar-refractivity contribution is 14.1. The third kappa shape index (κ3) is 4.01. The highest BCUT2D eigenvalue weighted by Crippen LogP contribution is 2.32. The largest absolute Gasteiger partial charge is 0.488 e. The number of nitrogens with one attached hydrogen (secondary N) is 1. The van der Waals surface area contributed by atoms with E-state index in [1.807, 2.05) is 33.8 Å². The SMILES string of the molecule is CS(=O)(=O)N1CCC(Oc2cc(Cl)cc3c2[nH]n3CCOI)CC1. The number of halogens is 2. The summed E-state index contributed by atoms with van der Waals surface area (Å²) in [6.45, 7) is 2.28. The maximum Gasteiger partial charge on any atom is 0.211 e. The second kappa shape index (κ2) is 7.40. The molecule has 0 unspecified atom stereocenters. The summed E-state index contributed by atoms with van der Waals surface area (Å²) in [6.07, 6.45) is 2.56. The number of nitrogens with zero attached hydrogens (tertiary/aromatic N) is 2. The molecular weight excluding hydrogens is 469 g/mol. The number of hydrogen-bond acceptors (Lipinski definition) is 4. The minimum absolute atomic E-state index is 0.0147. The van der Waals surface area contributed by atoms with Crippen molar-refractivity contribution in [2.75, 3.05) is 26.0 Å². The van der Waals surface area contributed by atoms with Crippen LogP contribution in [0.25, 0.3) is 11.0 Å². The van der Waals surface area contributed by atoms with Gasteiger partial charge in [-0.3, -0.25) is 9.78 Å². The van der Waals surface area contributed by atoms with Crippen molar-refractivity contribution in [3.8, 4) is 5.75 Å². The van der Waals surface area contributed by atoms with Gasteiger partial charge in [-0.1, -0.05) is 11.6 Å². The molecule has 0 saturated carbocycles. The Bertz CT molecular complexity index is 811. The van der Waals surface area contributed by atoms with Gasteiger partial charge in [0.25, 0.3) is 0 Å². The van der Waals surface area contributed by atoms with Crippen LogP contribution in [-0.2, 0) is 19.6 Å². The van der Waals surface area contributed by atoms with E-state index >= 15 is 0 Å². The van der Waals surface area contributed by atoms with Crippen molar-refractivity contribution >= 4 is 55.7 Å². The van der Waals surface area contributed by atoms with E-state index in [0.717, 1.165) is 11.0 Å². The van der Waals surface area contributed by atoms with Gasteiger partial charge in [0.1, 0.15) is 40.4 Å². The Morgan fingerprint density at radius 3 is 2.71 bits per heavy atom. The molecule has 1 aliphatic heterocycles. The molecule has 3 rings (SSSR count). The predicted molar refractivity (Wildman–Crippen MR) is 101 cm³/mol. The van der Waals surface area contributed by atoms with Crippen LogP contribution in [0.5, 0.6) is 5.75 Å². The Labute approximate surface area is 159 Å². The molecule has 1 aliphatic rings. The molecule has 0 amide bonds. The Morgan fingerprint density at radius 1 is 1.38 bits per heavy atom. The predicted octanol–water partition coefficient (Wildman–Crippen LogP) is 2.79. The summed E-state index contributed by atoms with van der Waals surface area (Å²) < 4.78 is 37.7. The van der Waals surface area contributed by atoms with E-state index in [4.69, 9.17) is 19.4 Å². The van der Waals surface area contributed by atoms with E-state index in [9.17, 15) is 8.42 Å². The third-order valence-electron chi connectivity index (χ3n) is 4.14. The molecule has 0 atom stereocenters. The van der Waals surface area contributed by atoms with Crippen LogP contribution >= 0.6 is 34.6 Å². The van der Waals surface area contributed by atoms with E-state index < -0.39 is 10.0 Å². The van der Waals surface area contributed by atoms with Gasteiger partial charge in [-0.25, -0.2) is 12.7 Å². The fraction of sp³-hybridized carbons (Fsp3) is 0.571. The fourth-order valence-electron chi connectivity index (χ4n) is 2.89. The van der Waals surface area contributed by atoms with Gasteiger partial charge in [0, 0.05) is 24.2 Å². The second-order valence-corrected chi connectivity index (χ2v) is 8.90. The average Bonchev–Trinajstić information content (AvgIpc) is 2.50. The summed E-state index contributed by atoms with van der Waals surface area (Å²) in [5.41, 5.74) is 1.90. The highest BCUT2D eigenvalue weighted by Gasteiger charge is 2.26. The van der Waals surface area contributed by atoms with Crippen molar-refractivity contribution in [2.45, 2.75) is 25.5 Å². The first-order valence-electron chi connectivity index (χ1n) is 7.61. The Morgan fingerprint density at radius 2 is 2.08 bits per heavy atom. The monoisotopic (exact) mass is 487 g/mol. The van der Waals surface area contributed by atoms with Crippen LogP contribution in [-0.4, -0.2) is 54.6 Å². The van der Waals surface area contributed by atoms with Gasteiger partial charge in [0.2, 0.25) is 10.0 Å². The number of piperidine rings is 1. The van der Waals surface area contributed by atoms with Crippen LogP contribution in [0.1, 0.15) is 12.8 Å². The van der Waals surface area contributed by atoms with Gasteiger partial charge >= 0.3 is 0 Å². The van der Waals surface area contributed by atoms with Crippen LogP contribution in [0.15, 0.2) is 12.1 Å². The van der Waals surface area contributed by atoms with E-state index in [2.05, 4.69) is 5.10 Å². The summed E-state index contributed by atoms with van der Waals surface area (Å²) in [7, 11) is -3.12. The normalized spacial score (nSPS) is 17.6. The van der Waals surface area contributed by atoms with Crippen LogP contribution in [0.4, 0.5) is 0 Å². The van der Waals surface area contributed by atoms with Gasteiger partial charge in [-0.2, -0.15) is 0 Å². The minimum atomic E-state index is -3.12. The first-order chi connectivity index (χ1) is 11.4. The number of aromatic amines is 1. The van der Waals surface area contributed by atoms with Crippen molar-refractivity contribution in [3.05, 3.63) is 17.2 Å². The molecule has 0 radical (unpaired) electrons. The topological polar surface area (TPSA) is 76.6 Å². The van der Waals surface area contributed by atoms with Crippen molar-refractivity contribution < 1.29 is 16.2 Å². The van der Waals surface area contributed by atoms with E-state index in [1.165, 1.54) is 10.6 Å². The van der Waals surface area contributed by atoms with Gasteiger partial charge < -0.3 is 7.80 Å². The standard InChI is InChI=1S/C14H19ClIN3O4S/c1-24(20,21)18-4-2-11(3-5-18)23-13-9-10(15)8-12-14(13)17-19(12)6-7-22-16/h8-9,11,17H,2-7H2,1H3. The fourth-order valence-corrected chi connectivity index (χ4v) is 4.17. The van der Waals surface area contributed by atoms with Crippen molar-refractivity contribution in [2.24, 2.45) is 0 Å². The molecule has 1 aromatic carbocycles. The molecule has 24 heavy (non-hydrogen) atoms. The number of ether oxygens (including phenoxy) is 1. The smallest absolute Gasteiger partial charge is 0.211 e. The molecule has 134 valence electrons. The number of fused-ring (bicyclic) bond motifs is 1. The number of benzene rings is 1. The van der Waals surface area contributed by atoms with Crippen LogP contribution < -0.4 is 4.74 Å². The molecule has 2 heterocycles. The third-order valence-corrected chi connectivity index (χ3v) is 6.10. The lowest BCUT2D eigenvalue weighted by Crippen LogP contribution is -2.41. The Balaban J connectivity index is 1.70. The van der Waals surface area contributed by atoms with Crippen molar-refractivity contribution in [1.29, 1.82) is 0 Å². The molecule has 10 heteroatoms. The zero-order chi connectivity index (χ0) is 17.3.